The van der Waals surface area contributed by atoms with Crippen LogP contribution in [0.2, 0.25) is 0 Å². The van der Waals surface area contributed by atoms with Crippen molar-refractivity contribution in [3.8, 4) is 5.75 Å². The van der Waals surface area contributed by atoms with Crippen LogP contribution in [-0.2, 0) is 22.4 Å². The molecule has 148 valence electrons. The number of fused-ring (bicyclic) bond motifs is 1. The summed E-state index contributed by atoms with van der Waals surface area (Å²) < 4.78 is 9.81. The summed E-state index contributed by atoms with van der Waals surface area (Å²) in [4.78, 5) is 23.4. The smallest absolute Gasteiger partial charge is 0.343 e. The quantitative estimate of drug-likeness (QED) is 0.741. The summed E-state index contributed by atoms with van der Waals surface area (Å²) in [6.07, 6.45) is 4.76. The lowest BCUT2D eigenvalue weighted by Crippen LogP contribution is -2.31. The lowest BCUT2D eigenvalue weighted by molar-refractivity contribution is -0.142. The number of nitrogens with one attached hydrogen (secondary N) is 2. The van der Waals surface area contributed by atoms with E-state index in [9.17, 15) is 9.59 Å². The van der Waals surface area contributed by atoms with Gasteiger partial charge in [-0.1, -0.05) is 18.2 Å². The molecule has 6 nitrogen and oxygen atoms in total. The van der Waals surface area contributed by atoms with Crippen molar-refractivity contribution in [2.24, 2.45) is 0 Å². The van der Waals surface area contributed by atoms with E-state index in [4.69, 9.17) is 4.74 Å². The molecular formula is C22H26N2O4. The molecule has 1 atom stereocenters. The number of carbonyl (C=O) groups is 2. The first-order valence-electron chi connectivity index (χ1n) is 9.54. The van der Waals surface area contributed by atoms with Crippen molar-refractivity contribution in [1.29, 1.82) is 0 Å². The summed E-state index contributed by atoms with van der Waals surface area (Å²) in [5.74, 6) is 0.0801. The van der Waals surface area contributed by atoms with Crippen LogP contribution >= 0.6 is 0 Å². The van der Waals surface area contributed by atoms with E-state index in [1.54, 1.807) is 24.3 Å². The van der Waals surface area contributed by atoms with Crippen LogP contribution in [0.1, 0.15) is 42.5 Å². The van der Waals surface area contributed by atoms with Gasteiger partial charge in [-0.25, -0.2) is 9.59 Å². The Bertz CT molecular complexity index is 833. The average molecular weight is 382 g/mol. The fraction of sp³-hybridized carbons (Fsp3) is 0.364. The molecule has 0 saturated heterocycles. The van der Waals surface area contributed by atoms with Crippen LogP contribution in [-0.4, -0.2) is 25.7 Å². The molecule has 0 aliphatic heterocycles. The molecule has 1 aliphatic rings. The lowest BCUT2D eigenvalue weighted by atomic mass is 9.89. The minimum absolute atomic E-state index is 0.0881. The number of hydrogen-bond acceptors (Lipinski definition) is 4. The topological polar surface area (TPSA) is 76.7 Å². The standard InChI is InChI=1S/C22H26N2O4/c1-15(17-8-7-16-5-3-4-6-18(16)13-17)23-22(26)24-19-9-11-20(12-10-19)28-14-21(25)27-2/h7-13,15H,3-6,14H2,1-2H3,(H2,23,24,26). The molecule has 3 rings (SSSR count). The second-order valence-electron chi connectivity index (χ2n) is 6.94. The number of methoxy groups -OCH3 is 1. The van der Waals surface area contributed by atoms with Gasteiger partial charge < -0.3 is 20.1 Å². The molecule has 1 unspecified atom stereocenters. The van der Waals surface area contributed by atoms with Crippen molar-refractivity contribution in [3.05, 3.63) is 59.2 Å². The Morgan fingerprint density at radius 3 is 2.46 bits per heavy atom. The lowest BCUT2D eigenvalue weighted by Gasteiger charge is -2.20. The van der Waals surface area contributed by atoms with E-state index < -0.39 is 5.97 Å². The second kappa shape index (κ2) is 9.26. The number of urea groups is 1. The molecular weight excluding hydrogens is 356 g/mol. The SMILES string of the molecule is COC(=O)COc1ccc(NC(=O)NC(C)c2ccc3c(c2)CCCC3)cc1. The number of hydrogen-bond donors (Lipinski definition) is 2. The van der Waals surface area contributed by atoms with Crippen LogP contribution in [0.4, 0.5) is 10.5 Å². The fourth-order valence-corrected chi connectivity index (χ4v) is 3.31. The largest absolute Gasteiger partial charge is 0.482 e. The Morgan fingerprint density at radius 2 is 1.75 bits per heavy atom. The molecule has 0 bridgehead atoms. The maximum atomic E-state index is 12.3. The van der Waals surface area contributed by atoms with Gasteiger partial charge in [0, 0.05) is 5.69 Å². The van der Waals surface area contributed by atoms with E-state index in [-0.39, 0.29) is 18.7 Å². The minimum atomic E-state index is -0.447. The molecule has 0 saturated carbocycles. The van der Waals surface area contributed by atoms with E-state index in [1.807, 2.05) is 6.92 Å². The first-order valence-corrected chi connectivity index (χ1v) is 9.54. The summed E-state index contributed by atoms with van der Waals surface area (Å²) in [7, 11) is 1.31. The zero-order valence-electron chi connectivity index (χ0n) is 16.3. The van der Waals surface area contributed by atoms with Crippen LogP contribution < -0.4 is 15.4 Å². The maximum absolute atomic E-state index is 12.3. The Morgan fingerprint density at radius 1 is 1.04 bits per heavy atom. The Kier molecular flexibility index (Phi) is 6.53. The van der Waals surface area contributed by atoms with Gasteiger partial charge in [-0.2, -0.15) is 0 Å². The van der Waals surface area contributed by atoms with Gasteiger partial charge in [0.25, 0.3) is 0 Å². The van der Waals surface area contributed by atoms with Gasteiger partial charge in [-0.05, 0) is 73.6 Å². The Hall–Kier alpha value is -3.02. The first-order chi connectivity index (χ1) is 13.5. The summed E-state index contributed by atoms with van der Waals surface area (Å²) in [5, 5.41) is 5.78. The Balaban J connectivity index is 1.52. The molecule has 0 radical (unpaired) electrons. The second-order valence-corrected chi connectivity index (χ2v) is 6.94. The van der Waals surface area contributed by atoms with Gasteiger partial charge in [0.2, 0.25) is 0 Å². The molecule has 2 aromatic rings. The number of anilines is 1. The highest BCUT2D eigenvalue weighted by molar-refractivity contribution is 5.89. The third-order valence-corrected chi connectivity index (χ3v) is 4.92. The number of rotatable bonds is 6. The average Bonchev–Trinajstić information content (AvgIpc) is 2.72. The Labute approximate surface area is 165 Å². The molecule has 2 N–H and O–H groups in total. The number of aryl methyl sites for hydroxylation is 2. The molecule has 0 fully saturated rings. The monoisotopic (exact) mass is 382 g/mol. The summed E-state index contributed by atoms with van der Waals surface area (Å²) in [5.41, 5.74) is 4.59. The first kappa shape index (κ1) is 19.7. The van der Waals surface area contributed by atoms with E-state index >= 15 is 0 Å². The van der Waals surface area contributed by atoms with Gasteiger partial charge in [0.1, 0.15) is 5.75 Å². The van der Waals surface area contributed by atoms with Crippen molar-refractivity contribution in [2.75, 3.05) is 19.0 Å². The molecule has 6 heteroatoms. The summed E-state index contributed by atoms with van der Waals surface area (Å²) in [6.45, 7) is 1.83. The van der Waals surface area contributed by atoms with Crippen LogP contribution in [0.25, 0.3) is 0 Å². The summed E-state index contributed by atoms with van der Waals surface area (Å²) in [6, 6.07) is 13.0. The normalized spacial score (nSPS) is 13.8. The predicted octanol–water partition coefficient (Wildman–Crippen LogP) is 4.00. The van der Waals surface area contributed by atoms with Gasteiger partial charge in [-0.3, -0.25) is 0 Å². The van der Waals surface area contributed by atoms with E-state index in [2.05, 4.69) is 33.6 Å². The molecule has 2 aromatic carbocycles. The summed E-state index contributed by atoms with van der Waals surface area (Å²) >= 11 is 0. The van der Waals surface area contributed by atoms with Crippen LogP contribution in [0.3, 0.4) is 0 Å². The zero-order chi connectivity index (χ0) is 19.9. The van der Waals surface area contributed by atoms with Gasteiger partial charge in [0.05, 0.1) is 13.2 Å². The number of benzene rings is 2. The molecule has 2 amide bonds. The number of esters is 1. The van der Waals surface area contributed by atoms with Crippen molar-refractivity contribution >= 4 is 17.7 Å². The van der Waals surface area contributed by atoms with Gasteiger partial charge in [-0.15, -0.1) is 0 Å². The number of amides is 2. The van der Waals surface area contributed by atoms with Gasteiger partial charge >= 0.3 is 12.0 Å². The third kappa shape index (κ3) is 5.25. The fourth-order valence-electron chi connectivity index (χ4n) is 3.31. The zero-order valence-corrected chi connectivity index (χ0v) is 16.3. The molecule has 0 aromatic heterocycles. The van der Waals surface area contributed by atoms with Crippen LogP contribution in [0.15, 0.2) is 42.5 Å². The molecule has 0 spiro atoms. The van der Waals surface area contributed by atoms with Crippen LogP contribution in [0, 0.1) is 0 Å². The molecule has 1 aliphatic carbocycles. The maximum Gasteiger partial charge on any atom is 0.343 e. The van der Waals surface area contributed by atoms with E-state index in [1.165, 1.54) is 31.1 Å². The molecule has 28 heavy (non-hydrogen) atoms. The van der Waals surface area contributed by atoms with Crippen LogP contribution in [0.5, 0.6) is 5.75 Å². The number of carbonyl (C=O) groups excluding carboxylic acids is 2. The van der Waals surface area contributed by atoms with Crippen molar-refractivity contribution in [2.45, 2.75) is 38.6 Å². The molecule has 0 heterocycles. The highest BCUT2D eigenvalue weighted by atomic mass is 16.6. The third-order valence-electron chi connectivity index (χ3n) is 4.92. The van der Waals surface area contributed by atoms with E-state index in [0.29, 0.717) is 11.4 Å². The minimum Gasteiger partial charge on any atom is -0.482 e. The number of ether oxygens (including phenoxy) is 2. The predicted molar refractivity (Wildman–Crippen MR) is 108 cm³/mol. The van der Waals surface area contributed by atoms with Crippen molar-refractivity contribution in [1.82, 2.24) is 5.32 Å². The van der Waals surface area contributed by atoms with Gasteiger partial charge in [0.15, 0.2) is 6.61 Å². The van der Waals surface area contributed by atoms with E-state index in [0.717, 1.165) is 18.4 Å². The van der Waals surface area contributed by atoms with Crippen molar-refractivity contribution in [3.63, 3.8) is 0 Å². The highest BCUT2D eigenvalue weighted by Crippen LogP contribution is 2.25. The van der Waals surface area contributed by atoms with Crippen molar-refractivity contribution < 1.29 is 19.1 Å². The highest BCUT2D eigenvalue weighted by Gasteiger charge is 2.14.